The van der Waals surface area contributed by atoms with Gasteiger partial charge in [-0.2, -0.15) is 0 Å². The van der Waals surface area contributed by atoms with Gasteiger partial charge in [-0.25, -0.2) is 0 Å². The van der Waals surface area contributed by atoms with Crippen molar-refractivity contribution >= 4 is 39.1 Å². The molecule has 1 atom stereocenters. The lowest BCUT2D eigenvalue weighted by molar-refractivity contribution is -0.122. The normalized spacial score (nSPS) is 11.8. The summed E-state index contributed by atoms with van der Waals surface area (Å²) >= 11 is 9.30. The number of anilines is 1. The Balaban J connectivity index is 2.00. The van der Waals surface area contributed by atoms with E-state index in [4.69, 9.17) is 16.3 Å². The van der Waals surface area contributed by atoms with Crippen molar-refractivity contribution in [2.75, 3.05) is 5.32 Å². The standard InChI is InChI=1S/C16H15BrClNO2/c1-10-4-3-5-13(8-10)21-11(2)16(20)19-12-6-7-14(17)15(18)9-12/h3-9,11H,1-2H3,(H,19,20)/t11-/m0/s1. The second kappa shape index (κ2) is 6.96. The van der Waals surface area contributed by atoms with E-state index in [1.807, 2.05) is 31.2 Å². The molecule has 0 aliphatic carbocycles. The molecule has 0 bridgehead atoms. The number of rotatable bonds is 4. The van der Waals surface area contributed by atoms with Gasteiger partial charge in [0.15, 0.2) is 6.10 Å². The predicted molar refractivity (Wildman–Crippen MR) is 89.1 cm³/mol. The van der Waals surface area contributed by atoms with Gasteiger partial charge in [-0.05, 0) is 65.7 Å². The maximum absolute atomic E-state index is 12.1. The highest BCUT2D eigenvalue weighted by atomic mass is 79.9. The highest BCUT2D eigenvalue weighted by Crippen LogP contribution is 2.25. The SMILES string of the molecule is Cc1cccc(O[C@@H](C)C(=O)Nc2ccc(Br)c(Cl)c2)c1. The van der Waals surface area contributed by atoms with Crippen molar-refractivity contribution in [1.29, 1.82) is 0 Å². The van der Waals surface area contributed by atoms with Gasteiger partial charge in [0.05, 0.1) is 5.02 Å². The van der Waals surface area contributed by atoms with Crippen LogP contribution in [0.3, 0.4) is 0 Å². The molecule has 0 radical (unpaired) electrons. The second-order valence-electron chi connectivity index (χ2n) is 4.69. The van der Waals surface area contributed by atoms with E-state index in [-0.39, 0.29) is 5.91 Å². The zero-order chi connectivity index (χ0) is 15.4. The second-order valence-corrected chi connectivity index (χ2v) is 5.96. The topological polar surface area (TPSA) is 38.3 Å². The molecule has 0 aromatic heterocycles. The minimum absolute atomic E-state index is 0.227. The van der Waals surface area contributed by atoms with Gasteiger partial charge in [0, 0.05) is 10.2 Å². The van der Waals surface area contributed by atoms with E-state index < -0.39 is 6.10 Å². The highest BCUT2D eigenvalue weighted by Gasteiger charge is 2.15. The number of benzene rings is 2. The smallest absolute Gasteiger partial charge is 0.265 e. The first-order chi connectivity index (χ1) is 9.95. The van der Waals surface area contributed by atoms with Crippen LogP contribution in [0, 0.1) is 6.92 Å². The zero-order valence-electron chi connectivity index (χ0n) is 11.7. The third kappa shape index (κ3) is 4.48. The minimum Gasteiger partial charge on any atom is -0.481 e. The quantitative estimate of drug-likeness (QED) is 0.840. The first kappa shape index (κ1) is 15.9. The van der Waals surface area contributed by atoms with Crippen LogP contribution in [0.15, 0.2) is 46.9 Å². The lowest BCUT2D eigenvalue weighted by Crippen LogP contribution is -2.30. The Morgan fingerprint density at radius 1 is 1.29 bits per heavy atom. The third-order valence-corrected chi connectivity index (χ3v) is 4.09. The molecule has 21 heavy (non-hydrogen) atoms. The molecule has 0 fully saturated rings. The van der Waals surface area contributed by atoms with Crippen molar-refractivity contribution in [3.8, 4) is 5.75 Å². The fraction of sp³-hybridized carbons (Fsp3) is 0.188. The molecule has 2 aromatic rings. The lowest BCUT2D eigenvalue weighted by atomic mass is 10.2. The number of carbonyl (C=O) groups excluding carboxylic acids is 1. The molecule has 0 aliphatic heterocycles. The van der Waals surface area contributed by atoms with Crippen LogP contribution in [0.2, 0.25) is 5.02 Å². The van der Waals surface area contributed by atoms with Crippen molar-refractivity contribution in [3.63, 3.8) is 0 Å². The first-order valence-corrected chi connectivity index (χ1v) is 7.62. The van der Waals surface area contributed by atoms with Crippen molar-refractivity contribution in [2.45, 2.75) is 20.0 Å². The van der Waals surface area contributed by atoms with Crippen molar-refractivity contribution < 1.29 is 9.53 Å². The molecule has 3 nitrogen and oxygen atoms in total. The molecule has 0 unspecified atom stereocenters. The molecule has 0 saturated heterocycles. The fourth-order valence-corrected chi connectivity index (χ4v) is 2.19. The monoisotopic (exact) mass is 367 g/mol. The number of ether oxygens (including phenoxy) is 1. The maximum Gasteiger partial charge on any atom is 0.265 e. The average Bonchev–Trinajstić information content (AvgIpc) is 2.43. The van der Waals surface area contributed by atoms with Gasteiger partial charge in [0.25, 0.3) is 5.91 Å². The molecule has 0 aliphatic rings. The molecule has 110 valence electrons. The van der Waals surface area contributed by atoms with Crippen molar-refractivity contribution in [2.24, 2.45) is 0 Å². The predicted octanol–water partition coefficient (Wildman–Crippen LogP) is 4.82. The van der Waals surface area contributed by atoms with Gasteiger partial charge in [0.2, 0.25) is 0 Å². The average molecular weight is 369 g/mol. The summed E-state index contributed by atoms with van der Waals surface area (Å²) in [5, 5.41) is 3.32. The minimum atomic E-state index is -0.603. The van der Waals surface area contributed by atoms with E-state index in [0.717, 1.165) is 10.0 Å². The molecule has 0 heterocycles. The number of nitrogens with one attached hydrogen (secondary N) is 1. The van der Waals surface area contributed by atoms with Crippen LogP contribution in [0.5, 0.6) is 5.75 Å². The molecule has 1 N–H and O–H groups in total. The van der Waals surface area contributed by atoms with E-state index in [1.54, 1.807) is 25.1 Å². The molecule has 1 amide bonds. The summed E-state index contributed by atoms with van der Waals surface area (Å²) in [5.74, 6) is 0.446. The highest BCUT2D eigenvalue weighted by molar-refractivity contribution is 9.10. The van der Waals surface area contributed by atoms with Crippen LogP contribution in [-0.4, -0.2) is 12.0 Å². The van der Waals surface area contributed by atoms with Gasteiger partial charge >= 0.3 is 0 Å². The Hall–Kier alpha value is -1.52. The summed E-state index contributed by atoms with van der Waals surface area (Å²) < 4.78 is 6.41. The van der Waals surface area contributed by atoms with Gasteiger partial charge in [-0.1, -0.05) is 23.7 Å². The number of halogens is 2. The first-order valence-electron chi connectivity index (χ1n) is 6.45. The Morgan fingerprint density at radius 2 is 2.05 bits per heavy atom. The van der Waals surface area contributed by atoms with Crippen LogP contribution in [0.1, 0.15) is 12.5 Å². The molecular weight excluding hydrogens is 354 g/mol. The van der Waals surface area contributed by atoms with E-state index >= 15 is 0 Å². The molecule has 2 rings (SSSR count). The number of aryl methyl sites for hydroxylation is 1. The van der Waals surface area contributed by atoms with Crippen LogP contribution >= 0.6 is 27.5 Å². The third-order valence-electron chi connectivity index (χ3n) is 2.86. The fourth-order valence-electron chi connectivity index (χ4n) is 1.76. The molecule has 0 saturated carbocycles. The molecule has 2 aromatic carbocycles. The largest absolute Gasteiger partial charge is 0.481 e. The zero-order valence-corrected chi connectivity index (χ0v) is 14.0. The summed E-state index contributed by atoms with van der Waals surface area (Å²) in [7, 11) is 0. The van der Waals surface area contributed by atoms with Crippen LogP contribution < -0.4 is 10.1 Å². The van der Waals surface area contributed by atoms with Crippen LogP contribution in [0.25, 0.3) is 0 Å². The van der Waals surface area contributed by atoms with Gasteiger partial charge < -0.3 is 10.1 Å². The number of amides is 1. The Kier molecular flexibility index (Phi) is 5.26. The summed E-state index contributed by atoms with van der Waals surface area (Å²) in [6, 6.07) is 12.8. The van der Waals surface area contributed by atoms with Crippen LogP contribution in [-0.2, 0) is 4.79 Å². The molecule has 0 spiro atoms. The summed E-state index contributed by atoms with van der Waals surface area (Å²) in [4.78, 5) is 12.1. The van der Waals surface area contributed by atoms with Crippen molar-refractivity contribution in [1.82, 2.24) is 0 Å². The Morgan fingerprint density at radius 3 is 2.71 bits per heavy atom. The number of carbonyl (C=O) groups is 1. The maximum atomic E-state index is 12.1. The summed E-state index contributed by atoms with van der Waals surface area (Å²) in [6.45, 7) is 3.68. The van der Waals surface area contributed by atoms with Crippen molar-refractivity contribution in [3.05, 3.63) is 57.5 Å². The number of hydrogen-bond acceptors (Lipinski definition) is 2. The number of hydrogen-bond donors (Lipinski definition) is 1. The van der Waals surface area contributed by atoms with Crippen LogP contribution in [0.4, 0.5) is 5.69 Å². The summed E-state index contributed by atoms with van der Waals surface area (Å²) in [6.07, 6.45) is -0.603. The summed E-state index contributed by atoms with van der Waals surface area (Å²) in [5.41, 5.74) is 1.72. The Bertz CT molecular complexity index is 660. The Labute approximate surface area is 137 Å². The van der Waals surface area contributed by atoms with E-state index in [2.05, 4.69) is 21.2 Å². The van der Waals surface area contributed by atoms with E-state index in [9.17, 15) is 4.79 Å². The molecular formula is C16H15BrClNO2. The van der Waals surface area contributed by atoms with Gasteiger partial charge in [0.1, 0.15) is 5.75 Å². The van der Waals surface area contributed by atoms with E-state index in [0.29, 0.717) is 16.5 Å². The van der Waals surface area contributed by atoms with E-state index in [1.165, 1.54) is 0 Å². The lowest BCUT2D eigenvalue weighted by Gasteiger charge is -2.15. The van der Waals surface area contributed by atoms with Gasteiger partial charge in [-0.15, -0.1) is 0 Å². The molecule has 5 heteroatoms. The van der Waals surface area contributed by atoms with Gasteiger partial charge in [-0.3, -0.25) is 4.79 Å².